The normalized spacial score (nSPS) is 20.8. The zero-order chi connectivity index (χ0) is 16.5. The Hall–Kier alpha value is -1.64. The highest BCUT2D eigenvalue weighted by Gasteiger charge is 2.21. The molecule has 0 amide bonds. The SMILES string of the molecule is c1ccc(COCC2CCC(COCc3ccccc3)CC2)cc1. The van der Waals surface area contributed by atoms with E-state index >= 15 is 0 Å². The fraction of sp³-hybridized carbons (Fsp3) is 0.455. The molecule has 128 valence electrons. The highest BCUT2D eigenvalue weighted by molar-refractivity contribution is 5.14. The van der Waals surface area contributed by atoms with E-state index in [4.69, 9.17) is 9.47 Å². The van der Waals surface area contributed by atoms with E-state index in [9.17, 15) is 0 Å². The van der Waals surface area contributed by atoms with Crippen molar-refractivity contribution < 1.29 is 9.47 Å². The lowest BCUT2D eigenvalue weighted by Gasteiger charge is -2.28. The van der Waals surface area contributed by atoms with E-state index in [0.29, 0.717) is 0 Å². The summed E-state index contributed by atoms with van der Waals surface area (Å²) in [6.07, 6.45) is 5.09. The van der Waals surface area contributed by atoms with Crippen LogP contribution in [0.15, 0.2) is 60.7 Å². The van der Waals surface area contributed by atoms with Gasteiger partial charge in [0.1, 0.15) is 0 Å². The van der Waals surface area contributed by atoms with Gasteiger partial charge in [-0.05, 0) is 48.6 Å². The van der Waals surface area contributed by atoms with E-state index in [1.54, 1.807) is 0 Å². The van der Waals surface area contributed by atoms with Crippen molar-refractivity contribution in [3.8, 4) is 0 Å². The molecule has 1 fully saturated rings. The summed E-state index contributed by atoms with van der Waals surface area (Å²) in [6, 6.07) is 20.9. The number of ether oxygens (including phenoxy) is 2. The van der Waals surface area contributed by atoms with Crippen molar-refractivity contribution in [3.05, 3.63) is 71.8 Å². The van der Waals surface area contributed by atoms with Crippen LogP contribution in [0.3, 0.4) is 0 Å². The van der Waals surface area contributed by atoms with E-state index in [1.165, 1.54) is 36.8 Å². The van der Waals surface area contributed by atoms with Gasteiger partial charge >= 0.3 is 0 Å². The van der Waals surface area contributed by atoms with Gasteiger partial charge < -0.3 is 9.47 Å². The van der Waals surface area contributed by atoms with Crippen LogP contribution in [0, 0.1) is 11.8 Å². The van der Waals surface area contributed by atoms with Crippen molar-refractivity contribution in [1.82, 2.24) is 0 Å². The van der Waals surface area contributed by atoms with E-state index in [2.05, 4.69) is 48.5 Å². The Labute approximate surface area is 145 Å². The van der Waals surface area contributed by atoms with E-state index < -0.39 is 0 Å². The average molecular weight is 324 g/mol. The quantitative estimate of drug-likeness (QED) is 0.662. The Balaban J connectivity index is 1.27. The molecule has 0 heterocycles. The van der Waals surface area contributed by atoms with Gasteiger partial charge in [-0.3, -0.25) is 0 Å². The average Bonchev–Trinajstić information content (AvgIpc) is 2.65. The molecule has 1 saturated carbocycles. The second-order valence-corrected chi connectivity index (χ2v) is 6.89. The smallest absolute Gasteiger partial charge is 0.0717 e. The lowest BCUT2D eigenvalue weighted by atomic mass is 9.83. The Kier molecular flexibility index (Phi) is 6.88. The Morgan fingerprint density at radius 2 is 0.958 bits per heavy atom. The molecule has 2 nitrogen and oxygen atoms in total. The molecule has 24 heavy (non-hydrogen) atoms. The van der Waals surface area contributed by atoms with E-state index in [1.807, 2.05) is 12.1 Å². The molecule has 2 aromatic rings. The summed E-state index contributed by atoms with van der Waals surface area (Å²) in [6.45, 7) is 3.26. The zero-order valence-electron chi connectivity index (χ0n) is 14.4. The van der Waals surface area contributed by atoms with Gasteiger partial charge in [0.15, 0.2) is 0 Å². The van der Waals surface area contributed by atoms with Crippen molar-refractivity contribution >= 4 is 0 Å². The summed E-state index contributed by atoms with van der Waals surface area (Å²) < 4.78 is 11.8. The Morgan fingerprint density at radius 3 is 1.33 bits per heavy atom. The van der Waals surface area contributed by atoms with Gasteiger partial charge in [0.2, 0.25) is 0 Å². The van der Waals surface area contributed by atoms with Crippen LogP contribution in [0.2, 0.25) is 0 Å². The second-order valence-electron chi connectivity index (χ2n) is 6.89. The lowest BCUT2D eigenvalue weighted by molar-refractivity contribution is 0.0398. The molecule has 3 rings (SSSR count). The first-order chi connectivity index (χ1) is 11.9. The minimum Gasteiger partial charge on any atom is -0.376 e. The predicted octanol–water partition coefficient (Wildman–Crippen LogP) is 5.23. The van der Waals surface area contributed by atoms with Gasteiger partial charge in [-0.25, -0.2) is 0 Å². The van der Waals surface area contributed by atoms with Crippen molar-refractivity contribution in [3.63, 3.8) is 0 Å². The molecule has 0 aromatic heterocycles. The summed E-state index contributed by atoms with van der Waals surface area (Å²) in [7, 11) is 0. The fourth-order valence-electron chi connectivity index (χ4n) is 3.40. The first kappa shape index (κ1) is 17.2. The van der Waals surface area contributed by atoms with Gasteiger partial charge in [0.25, 0.3) is 0 Å². The molecule has 0 aliphatic heterocycles. The monoisotopic (exact) mass is 324 g/mol. The number of hydrogen-bond donors (Lipinski definition) is 0. The molecule has 0 unspecified atom stereocenters. The Morgan fingerprint density at radius 1 is 0.583 bits per heavy atom. The molecular formula is C22H28O2. The molecule has 2 aromatic carbocycles. The van der Waals surface area contributed by atoms with Gasteiger partial charge in [-0.2, -0.15) is 0 Å². The van der Waals surface area contributed by atoms with Crippen LogP contribution >= 0.6 is 0 Å². The molecule has 0 bridgehead atoms. The number of hydrogen-bond acceptors (Lipinski definition) is 2. The van der Waals surface area contributed by atoms with E-state index in [-0.39, 0.29) is 0 Å². The van der Waals surface area contributed by atoms with Crippen LogP contribution in [-0.4, -0.2) is 13.2 Å². The standard InChI is InChI=1S/C22H28O2/c1-3-7-19(8-4-1)15-23-17-21-11-13-22(14-12-21)18-24-16-20-9-5-2-6-10-20/h1-10,21-22H,11-18H2. The fourth-order valence-corrected chi connectivity index (χ4v) is 3.40. The molecule has 0 atom stereocenters. The summed E-state index contributed by atoms with van der Waals surface area (Å²) in [5, 5.41) is 0. The minimum absolute atomic E-state index is 0.721. The van der Waals surface area contributed by atoms with Crippen molar-refractivity contribution in [1.29, 1.82) is 0 Å². The van der Waals surface area contributed by atoms with Crippen molar-refractivity contribution in [2.24, 2.45) is 11.8 Å². The van der Waals surface area contributed by atoms with Crippen LogP contribution in [0.1, 0.15) is 36.8 Å². The van der Waals surface area contributed by atoms with Crippen LogP contribution in [0.4, 0.5) is 0 Å². The first-order valence-corrected chi connectivity index (χ1v) is 9.13. The maximum Gasteiger partial charge on any atom is 0.0717 e. The Bertz CT molecular complexity index is 506. The molecule has 1 aliphatic rings. The molecule has 1 aliphatic carbocycles. The summed E-state index contributed by atoms with van der Waals surface area (Å²) in [4.78, 5) is 0. The third-order valence-corrected chi connectivity index (χ3v) is 4.90. The molecule has 0 N–H and O–H groups in total. The maximum absolute atomic E-state index is 5.90. The lowest BCUT2D eigenvalue weighted by Crippen LogP contribution is -2.21. The van der Waals surface area contributed by atoms with Crippen molar-refractivity contribution in [2.75, 3.05) is 13.2 Å². The minimum atomic E-state index is 0.721. The van der Waals surface area contributed by atoms with E-state index in [0.717, 1.165) is 38.3 Å². The van der Waals surface area contributed by atoms with Gasteiger partial charge in [0.05, 0.1) is 13.2 Å². The van der Waals surface area contributed by atoms with Crippen LogP contribution < -0.4 is 0 Å². The van der Waals surface area contributed by atoms with Gasteiger partial charge in [-0.1, -0.05) is 60.7 Å². The zero-order valence-corrected chi connectivity index (χ0v) is 14.4. The highest BCUT2D eigenvalue weighted by atomic mass is 16.5. The van der Waals surface area contributed by atoms with Crippen LogP contribution in [0.25, 0.3) is 0 Å². The largest absolute Gasteiger partial charge is 0.376 e. The molecule has 0 saturated heterocycles. The van der Waals surface area contributed by atoms with Crippen molar-refractivity contribution in [2.45, 2.75) is 38.9 Å². The van der Waals surface area contributed by atoms with Crippen LogP contribution in [-0.2, 0) is 22.7 Å². The predicted molar refractivity (Wildman–Crippen MR) is 97.6 cm³/mol. The molecular weight excluding hydrogens is 296 g/mol. The second kappa shape index (κ2) is 9.61. The van der Waals surface area contributed by atoms with Gasteiger partial charge in [0, 0.05) is 13.2 Å². The highest BCUT2D eigenvalue weighted by Crippen LogP contribution is 2.29. The number of benzene rings is 2. The van der Waals surface area contributed by atoms with Gasteiger partial charge in [-0.15, -0.1) is 0 Å². The third kappa shape index (κ3) is 5.77. The molecule has 0 spiro atoms. The van der Waals surface area contributed by atoms with Crippen LogP contribution in [0.5, 0.6) is 0 Å². The summed E-state index contributed by atoms with van der Waals surface area (Å²) in [5.41, 5.74) is 2.53. The molecule has 2 heteroatoms. The first-order valence-electron chi connectivity index (χ1n) is 9.13. The third-order valence-electron chi connectivity index (χ3n) is 4.90. The summed E-state index contributed by atoms with van der Waals surface area (Å²) in [5.74, 6) is 1.44. The topological polar surface area (TPSA) is 18.5 Å². The maximum atomic E-state index is 5.90. The number of rotatable bonds is 8. The summed E-state index contributed by atoms with van der Waals surface area (Å²) >= 11 is 0. The molecule has 0 radical (unpaired) electrons.